The van der Waals surface area contributed by atoms with E-state index in [4.69, 9.17) is 5.11 Å². The monoisotopic (exact) mass is 481 g/mol. The lowest BCUT2D eigenvalue weighted by molar-refractivity contribution is -0.387. The van der Waals surface area contributed by atoms with Crippen LogP contribution in [0, 0.1) is 16.0 Å². The molecule has 2 aliphatic rings. The van der Waals surface area contributed by atoms with Crippen molar-refractivity contribution >= 4 is 23.0 Å². The minimum atomic E-state index is -1.96. The number of hydrogen-bond donors (Lipinski definition) is 3. The number of benzene rings is 1. The van der Waals surface area contributed by atoms with E-state index >= 15 is 0 Å². The van der Waals surface area contributed by atoms with E-state index in [2.05, 4.69) is 10.0 Å². The molecular weight excluding hydrogens is 442 g/mol. The lowest BCUT2D eigenvalue weighted by Crippen LogP contribution is -2.45. The first kappa shape index (κ1) is 27.6. The summed E-state index contributed by atoms with van der Waals surface area (Å²) in [7, 11) is 0. The summed E-state index contributed by atoms with van der Waals surface area (Å²) < 4.78 is 14.6. The van der Waals surface area contributed by atoms with Crippen LogP contribution >= 0.6 is 0 Å². The lowest BCUT2D eigenvalue weighted by Gasteiger charge is -2.30. The zero-order chi connectivity index (χ0) is 24.2. The molecule has 1 aromatic rings. The molecule has 0 heterocycles. The van der Waals surface area contributed by atoms with Crippen molar-refractivity contribution in [3.8, 4) is 0 Å². The standard InChI is InChI=1S/C12H16N2O5S.C12H23N/c1-3-8(2)11(12(15)16)13-20(19)10-7-5-4-6-9(10)14(17)18;1-3-7-11(8-4-1)13-12-9-5-2-6-10-12/h4-8,11,13H,3H2,1-2H3,(H,15,16);11-13H,1-10H2/t8-,11-,20?;/m0./s1. The Hall–Kier alpha value is -1.68. The van der Waals surface area contributed by atoms with Crippen molar-refractivity contribution in [1.29, 1.82) is 0 Å². The fraction of sp³-hybridized carbons (Fsp3) is 0.708. The van der Waals surface area contributed by atoms with Crippen molar-refractivity contribution in [3.05, 3.63) is 34.4 Å². The van der Waals surface area contributed by atoms with Crippen LogP contribution in [0.4, 0.5) is 5.69 Å². The normalized spacial score (nSPS) is 20.2. The quantitative estimate of drug-likeness (QED) is 0.259. The number of carboxylic acid groups (broad SMARTS) is 1. The summed E-state index contributed by atoms with van der Waals surface area (Å²) in [5.74, 6) is -1.38. The highest BCUT2D eigenvalue weighted by Gasteiger charge is 2.32. The molecule has 0 aromatic heterocycles. The molecule has 33 heavy (non-hydrogen) atoms. The molecule has 0 aliphatic heterocycles. The Balaban J connectivity index is 0.000000254. The van der Waals surface area contributed by atoms with E-state index in [1.165, 1.54) is 88.5 Å². The van der Waals surface area contributed by atoms with Crippen molar-refractivity contribution in [2.45, 2.75) is 107 Å². The molecule has 0 bridgehead atoms. The second-order valence-corrected chi connectivity index (χ2v) is 10.4. The predicted octanol–water partition coefficient (Wildman–Crippen LogP) is 4.95. The Labute approximate surface area is 200 Å². The van der Waals surface area contributed by atoms with E-state index in [-0.39, 0.29) is 16.5 Å². The second-order valence-electron chi connectivity index (χ2n) is 9.15. The summed E-state index contributed by atoms with van der Waals surface area (Å²) in [6.45, 7) is 3.53. The van der Waals surface area contributed by atoms with Crippen LogP contribution in [0.5, 0.6) is 0 Å². The summed E-state index contributed by atoms with van der Waals surface area (Å²) in [5.41, 5.74) is -0.299. The molecule has 3 rings (SSSR count). The van der Waals surface area contributed by atoms with Crippen LogP contribution in [0.3, 0.4) is 0 Å². The largest absolute Gasteiger partial charge is 0.593 e. The second kappa shape index (κ2) is 14.6. The Morgan fingerprint density at radius 1 is 1.09 bits per heavy atom. The van der Waals surface area contributed by atoms with E-state index < -0.39 is 28.3 Å². The number of aliphatic carboxylic acids is 1. The van der Waals surface area contributed by atoms with Gasteiger partial charge in [0.2, 0.25) is 0 Å². The third-order valence-corrected chi connectivity index (χ3v) is 7.87. The van der Waals surface area contributed by atoms with Crippen LogP contribution in [0.2, 0.25) is 0 Å². The zero-order valence-electron chi connectivity index (χ0n) is 19.8. The van der Waals surface area contributed by atoms with Crippen LogP contribution < -0.4 is 10.0 Å². The molecule has 3 atom stereocenters. The number of carboxylic acids is 1. The van der Waals surface area contributed by atoms with Gasteiger partial charge < -0.3 is 15.0 Å². The van der Waals surface area contributed by atoms with Crippen LogP contribution in [-0.4, -0.2) is 38.7 Å². The summed E-state index contributed by atoms with van der Waals surface area (Å²) in [4.78, 5) is 21.3. The van der Waals surface area contributed by atoms with Gasteiger partial charge in [-0.2, -0.15) is 0 Å². The molecule has 0 spiro atoms. The molecule has 9 heteroatoms. The van der Waals surface area contributed by atoms with Gasteiger partial charge in [0.1, 0.15) is 0 Å². The molecule has 186 valence electrons. The topological polar surface area (TPSA) is 128 Å². The highest BCUT2D eigenvalue weighted by molar-refractivity contribution is 7.89. The Morgan fingerprint density at radius 3 is 2.06 bits per heavy atom. The average molecular weight is 482 g/mol. The highest BCUT2D eigenvalue weighted by Crippen LogP contribution is 2.24. The minimum absolute atomic E-state index is 0.0351. The SMILES string of the molecule is C1CCC(NC2CCCCC2)CC1.CC[C@H](C)[C@H](N[S+]([O-])c1ccccc1[N+](=O)[O-])C(=O)O. The molecule has 2 saturated carbocycles. The van der Waals surface area contributed by atoms with Crippen molar-refractivity contribution < 1.29 is 19.4 Å². The van der Waals surface area contributed by atoms with Gasteiger partial charge in [-0.3, -0.25) is 14.9 Å². The smallest absolute Gasteiger partial charge is 0.325 e. The number of nitro benzene ring substituents is 1. The van der Waals surface area contributed by atoms with Crippen LogP contribution in [-0.2, 0) is 16.2 Å². The maximum absolute atomic E-state index is 12.1. The molecule has 2 fully saturated rings. The Bertz CT molecular complexity index is 723. The lowest BCUT2D eigenvalue weighted by atomic mass is 9.91. The third kappa shape index (κ3) is 9.23. The Morgan fingerprint density at radius 2 is 1.61 bits per heavy atom. The van der Waals surface area contributed by atoms with Gasteiger partial charge in [-0.15, -0.1) is 4.72 Å². The van der Waals surface area contributed by atoms with Gasteiger partial charge in [0.25, 0.3) is 4.90 Å². The molecule has 3 N–H and O–H groups in total. The Kier molecular flexibility index (Phi) is 12.2. The molecule has 8 nitrogen and oxygen atoms in total. The summed E-state index contributed by atoms with van der Waals surface area (Å²) in [6.07, 6.45) is 15.1. The fourth-order valence-electron chi connectivity index (χ4n) is 4.46. The highest BCUT2D eigenvalue weighted by atomic mass is 32.2. The van der Waals surface area contributed by atoms with Crippen LogP contribution in [0.15, 0.2) is 29.2 Å². The fourth-order valence-corrected chi connectivity index (χ4v) is 5.69. The predicted molar refractivity (Wildman–Crippen MR) is 130 cm³/mol. The van der Waals surface area contributed by atoms with Crippen molar-refractivity contribution in [2.75, 3.05) is 0 Å². The first-order valence-corrected chi connectivity index (χ1v) is 13.4. The molecule has 0 saturated heterocycles. The minimum Gasteiger partial charge on any atom is -0.593 e. The number of rotatable bonds is 9. The van der Waals surface area contributed by atoms with Gasteiger partial charge in [0, 0.05) is 24.2 Å². The van der Waals surface area contributed by atoms with Gasteiger partial charge in [0.05, 0.1) is 16.3 Å². The van der Waals surface area contributed by atoms with Crippen molar-refractivity contribution in [3.63, 3.8) is 0 Å². The van der Waals surface area contributed by atoms with Gasteiger partial charge in [-0.25, -0.2) is 0 Å². The maximum Gasteiger partial charge on any atom is 0.325 e. The van der Waals surface area contributed by atoms with Crippen LogP contribution in [0.25, 0.3) is 0 Å². The van der Waals surface area contributed by atoms with Gasteiger partial charge in [-0.05, 0) is 31.6 Å². The number of hydrogen-bond acceptors (Lipinski definition) is 6. The molecular formula is C24H39N3O5S. The molecule has 0 amide bonds. The van der Waals surface area contributed by atoms with Crippen molar-refractivity contribution in [2.24, 2.45) is 5.92 Å². The molecule has 1 unspecified atom stereocenters. The summed E-state index contributed by atoms with van der Waals surface area (Å²) in [5, 5.41) is 23.8. The number of para-hydroxylation sites is 1. The molecule has 1 aromatic carbocycles. The van der Waals surface area contributed by atoms with Crippen LogP contribution in [0.1, 0.15) is 84.5 Å². The van der Waals surface area contributed by atoms with Crippen molar-refractivity contribution in [1.82, 2.24) is 10.0 Å². The zero-order valence-corrected chi connectivity index (χ0v) is 20.6. The van der Waals surface area contributed by atoms with Gasteiger partial charge in [0.15, 0.2) is 6.04 Å². The summed E-state index contributed by atoms with van der Waals surface area (Å²) in [6, 6.07) is 6.27. The van der Waals surface area contributed by atoms with E-state index in [9.17, 15) is 19.5 Å². The molecule has 2 aliphatic carbocycles. The molecule has 0 radical (unpaired) electrons. The third-order valence-electron chi connectivity index (χ3n) is 6.66. The summed E-state index contributed by atoms with van der Waals surface area (Å²) >= 11 is -1.96. The van der Waals surface area contributed by atoms with E-state index in [0.29, 0.717) is 6.42 Å². The number of nitro groups is 1. The maximum atomic E-state index is 12.1. The van der Waals surface area contributed by atoms with E-state index in [0.717, 1.165) is 12.1 Å². The average Bonchev–Trinajstić information content (AvgIpc) is 2.83. The van der Waals surface area contributed by atoms with Gasteiger partial charge in [-0.1, -0.05) is 70.9 Å². The number of nitrogens with one attached hydrogen (secondary N) is 2. The first-order chi connectivity index (χ1) is 15.8. The van der Waals surface area contributed by atoms with E-state index in [1.54, 1.807) is 6.92 Å². The van der Waals surface area contributed by atoms with E-state index in [1.807, 2.05) is 6.92 Å². The van der Waals surface area contributed by atoms with Gasteiger partial charge >= 0.3 is 11.7 Å². The number of carbonyl (C=O) groups is 1. The number of nitrogens with zero attached hydrogens (tertiary/aromatic N) is 1. The first-order valence-electron chi connectivity index (χ1n) is 12.2.